The van der Waals surface area contributed by atoms with Gasteiger partial charge < -0.3 is 4.74 Å². The largest absolute Gasteiger partial charge is 0.483 e. The van der Waals surface area contributed by atoms with Gasteiger partial charge in [0, 0.05) is 5.56 Å². The fourth-order valence-electron chi connectivity index (χ4n) is 1.26. The van der Waals surface area contributed by atoms with E-state index in [1.165, 1.54) is 0 Å². The predicted octanol–water partition coefficient (Wildman–Crippen LogP) is 3.85. The van der Waals surface area contributed by atoms with Crippen LogP contribution in [0.15, 0.2) is 18.2 Å². The number of ether oxygens (including phenoxy) is 1. The van der Waals surface area contributed by atoms with Gasteiger partial charge in [-0.2, -0.15) is 26.3 Å². The van der Waals surface area contributed by atoms with Crippen molar-refractivity contribution in [2.24, 2.45) is 0 Å². The first-order chi connectivity index (χ1) is 8.50. The van der Waals surface area contributed by atoms with Gasteiger partial charge in [0.15, 0.2) is 12.4 Å². The molecule has 106 valence electrons. The van der Waals surface area contributed by atoms with Gasteiger partial charge in [-0.3, -0.25) is 4.79 Å². The van der Waals surface area contributed by atoms with Crippen LogP contribution in [-0.4, -0.2) is 18.6 Å². The predicted molar refractivity (Wildman–Crippen MR) is 53.0 cm³/mol. The van der Waals surface area contributed by atoms with Gasteiger partial charge in [-0.15, -0.1) is 0 Å². The van der Waals surface area contributed by atoms with Crippen LogP contribution in [0.5, 0.6) is 5.75 Å². The Balaban J connectivity index is 3.13. The maximum Gasteiger partial charge on any atom is 0.422 e. The van der Waals surface area contributed by atoms with Gasteiger partial charge in [0.2, 0.25) is 0 Å². The van der Waals surface area contributed by atoms with Crippen LogP contribution in [0.3, 0.4) is 0 Å². The minimum Gasteiger partial charge on any atom is -0.483 e. The molecule has 0 N–H and O–H groups in total. The lowest BCUT2D eigenvalue weighted by Crippen LogP contribution is -2.21. The van der Waals surface area contributed by atoms with E-state index in [0.29, 0.717) is 12.1 Å². The highest BCUT2D eigenvalue weighted by atomic mass is 19.4. The number of carbonyl (C=O) groups is 1. The van der Waals surface area contributed by atoms with Crippen LogP contribution in [-0.2, 0) is 6.18 Å². The third-order valence-corrected chi connectivity index (χ3v) is 2.08. The molecule has 0 atom stereocenters. The van der Waals surface area contributed by atoms with E-state index in [0.717, 1.165) is 13.0 Å². The molecule has 0 aliphatic carbocycles. The van der Waals surface area contributed by atoms with E-state index in [2.05, 4.69) is 4.74 Å². The van der Waals surface area contributed by atoms with Crippen LogP contribution in [0.4, 0.5) is 26.3 Å². The molecule has 0 amide bonds. The molecule has 0 heterocycles. The summed E-state index contributed by atoms with van der Waals surface area (Å²) in [5.41, 5.74) is -1.67. The van der Waals surface area contributed by atoms with E-state index in [1.807, 2.05) is 0 Å². The summed E-state index contributed by atoms with van der Waals surface area (Å²) in [6.45, 7) is -0.790. The van der Waals surface area contributed by atoms with E-state index < -0.39 is 36.1 Å². The van der Waals surface area contributed by atoms with Crippen LogP contribution in [0, 0.1) is 0 Å². The molecule has 0 radical (unpaired) electrons. The van der Waals surface area contributed by atoms with E-state index in [-0.39, 0.29) is 5.56 Å². The average Bonchev–Trinajstić information content (AvgIpc) is 2.23. The molecule has 0 bridgehead atoms. The number of carbonyl (C=O) groups excluding carboxylic acids is 1. The first kappa shape index (κ1) is 15.3. The average molecular weight is 286 g/mol. The second kappa shape index (κ2) is 5.10. The van der Waals surface area contributed by atoms with Crippen LogP contribution in [0.2, 0.25) is 0 Å². The molecule has 19 heavy (non-hydrogen) atoms. The number of ketones is 1. The summed E-state index contributed by atoms with van der Waals surface area (Å²) < 4.78 is 77.8. The quantitative estimate of drug-likeness (QED) is 0.623. The van der Waals surface area contributed by atoms with Crippen molar-refractivity contribution in [1.29, 1.82) is 0 Å². The second-order valence-corrected chi connectivity index (χ2v) is 3.67. The van der Waals surface area contributed by atoms with Gasteiger partial charge in [0.25, 0.3) is 0 Å². The molecule has 0 unspecified atom stereocenters. The van der Waals surface area contributed by atoms with Gasteiger partial charge in [-0.25, -0.2) is 0 Å². The summed E-state index contributed by atoms with van der Waals surface area (Å²) in [4.78, 5) is 11.0. The Morgan fingerprint density at radius 2 is 1.74 bits per heavy atom. The summed E-state index contributed by atoms with van der Waals surface area (Å²) in [5.74, 6) is -1.59. The van der Waals surface area contributed by atoms with Crippen molar-refractivity contribution in [1.82, 2.24) is 0 Å². The highest BCUT2D eigenvalue weighted by molar-refractivity contribution is 5.94. The Bertz CT molecular complexity index is 475. The summed E-state index contributed by atoms with van der Waals surface area (Å²) in [7, 11) is 0. The Hall–Kier alpha value is -1.73. The van der Waals surface area contributed by atoms with Crippen molar-refractivity contribution in [3.63, 3.8) is 0 Å². The van der Waals surface area contributed by atoms with E-state index in [4.69, 9.17) is 0 Å². The van der Waals surface area contributed by atoms with E-state index in [1.54, 1.807) is 0 Å². The topological polar surface area (TPSA) is 26.3 Å². The summed E-state index contributed by atoms with van der Waals surface area (Å²) >= 11 is 0. The molecule has 0 aromatic heterocycles. The SMILES string of the molecule is CC(=O)c1ccc(OCC(F)(F)F)c(C(F)(F)F)c1. The molecule has 1 rings (SSSR count). The van der Waals surface area contributed by atoms with Gasteiger partial charge in [0.1, 0.15) is 5.75 Å². The van der Waals surface area contributed by atoms with E-state index >= 15 is 0 Å². The molecule has 8 heteroatoms. The smallest absolute Gasteiger partial charge is 0.422 e. The lowest BCUT2D eigenvalue weighted by Gasteiger charge is -2.15. The van der Waals surface area contributed by atoms with Crippen LogP contribution < -0.4 is 4.74 Å². The van der Waals surface area contributed by atoms with E-state index in [9.17, 15) is 31.1 Å². The van der Waals surface area contributed by atoms with Crippen molar-refractivity contribution < 1.29 is 35.9 Å². The molecule has 1 aromatic rings. The summed E-state index contributed by atoms with van der Waals surface area (Å²) in [6, 6.07) is 2.14. The maximum atomic E-state index is 12.6. The molecule has 1 aromatic carbocycles. The van der Waals surface area contributed by atoms with Crippen molar-refractivity contribution in [2.75, 3.05) is 6.61 Å². The molecule has 0 saturated heterocycles. The van der Waals surface area contributed by atoms with Gasteiger partial charge >= 0.3 is 12.4 Å². The van der Waals surface area contributed by atoms with Crippen molar-refractivity contribution in [2.45, 2.75) is 19.3 Å². The number of hydrogen-bond donors (Lipinski definition) is 0. The zero-order chi connectivity index (χ0) is 14.8. The highest BCUT2D eigenvalue weighted by Gasteiger charge is 2.36. The minimum absolute atomic E-state index is 0.258. The first-order valence-electron chi connectivity index (χ1n) is 4.92. The Morgan fingerprint density at radius 1 is 1.16 bits per heavy atom. The monoisotopic (exact) mass is 286 g/mol. The Labute approximate surface area is 104 Å². The highest BCUT2D eigenvalue weighted by Crippen LogP contribution is 2.37. The number of halogens is 6. The second-order valence-electron chi connectivity index (χ2n) is 3.67. The Kier molecular flexibility index (Phi) is 4.12. The van der Waals surface area contributed by atoms with Crippen molar-refractivity contribution in [3.8, 4) is 5.75 Å². The molecule has 0 spiro atoms. The van der Waals surface area contributed by atoms with Crippen LogP contribution >= 0.6 is 0 Å². The number of Topliss-reactive ketones (excluding diaryl/α,β-unsaturated/α-hetero) is 1. The molecule has 0 aliphatic heterocycles. The zero-order valence-corrected chi connectivity index (χ0v) is 9.52. The molecular weight excluding hydrogens is 278 g/mol. The molecule has 2 nitrogen and oxygen atoms in total. The first-order valence-corrected chi connectivity index (χ1v) is 4.92. The summed E-state index contributed by atoms with van der Waals surface area (Å²) in [6.07, 6.45) is -9.66. The number of rotatable bonds is 3. The zero-order valence-electron chi connectivity index (χ0n) is 9.52. The van der Waals surface area contributed by atoms with Crippen molar-refractivity contribution >= 4 is 5.78 Å². The standard InChI is InChI=1S/C11H8F6O2/c1-6(18)7-2-3-9(19-5-10(12,13)14)8(4-7)11(15,16)17/h2-4H,5H2,1H3. The molecular formula is C11H8F6O2. The number of benzene rings is 1. The number of alkyl halides is 6. The fourth-order valence-corrected chi connectivity index (χ4v) is 1.26. The lowest BCUT2D eigenvalue weighted by atomic mass is 10.1. The third-order valence-electron chi connectivity index (χ3n) is 2.08. The summed E-state index contributed by atoms with van der Waals surface area (Å²) in [5, 5.41) is 0. The van der Waals surface area contributed by atoms with Gasteiger partial charge in [0.05, 0.1) is 5.56 Å². The number of hydrogen-bond acceptors (Lipinski definition) is 2. The van der Waals surface area contributed by atoms with Gasteiger partial charge in [-0.05, 0) is 25.1 Å². The molecule has 0 saturated carbocycles. The minimum atomic E-state index is -4.91. The third kappa shape index (κ3) is 4.46. The maximum absolute atomic E-state index is 12.6. The normalized spacial score (nSPS) is 12.4. The Morgan fingerprint density at radius 3 is 2.16 bits per heavy atom. The molecule has 0 fully saturated rings. The fraction of sp³-hybridized carbons (Fsp3) is 0.364. The van der Waals surface area contributed by atoms with Crippen molar-refractivity contribution in [3.05, 3.63) is 29.3 Å². The lowest BCUT2D eigenvalue weighted by molar-refractivity contribution is -0.158. The molecule has 0 aliphatic rings. The van der Waals surface area contributed by atoms with Gasteiger partial charge in [-0.1, -0.05) is 0 Å². The van der Waals surface area contributed by atoms with Crippen LogP contribution in [0.25, 0.3) is 0 Å². The van der Waals surface area contributed by atoms with Crippen LogP contribution in [0.1, 0.15) is 22.8 Å².